The Bertz CT molecular complexity index is 386. The van der Waals surface area contributed by atoms with E-state index in [0.717, 1.165) is 7.11 Å². The van der Waals surface area contributed by atoms with Crippen molar-refractivity contribution in [3.63, 3.8) is 0 Å². The van der Waals surface area contributed by atoms with Crippen LogP contribution in [0, 0.1) is 0 Å². The number of hydrogen-bond acceptors (Lipinski definition) is 6. The zero-order chi connectivity index (χ0) is 16.3. The van der Waals surface area contributed by atoms with Gasteiger partial charge in [-0.1, -0.05) is 0 Å². The fourth-order valence-corrected chi connectivity index (χ4v) is 1.17. The number of hydrogen-bond donors (Lipinski definition) is 4. The van der Waals surface area contributed by atoms with Gasteiger partial charge in [0.1, 0.15) is 6.04 Å². The Balaban J connectivity index is 4.11. The van der Waals surface area contributed by atoms with Gasteiger partial charge in [0.15, 0.2) is 0 Å². The Morgan fingerprint density at radius 3 is 2.33 bits per heavy atom. The Kier molecular flexibility index (Phi) is 9.26. The second-order valence-electron chi connectivity index (χ2n) is 3.84. The van der Waals surface area contributed by atoms with Crippen molar-refractivity contribution in [3.8, 4) is 0 Å². The summed E-state index contributed by atoms with van der Waals surface area (Å²) in [6, 6.07) is -2.32. The lowest BCUT2D eigenvalue weighted by Crippen LogP contribution is -2.49. The standard InChI is InChI=1S/C11H19N3O7/c1-20-4-3-12-8(15)6-13-11(19)14-7(10(17)18)5-9(16)21-2/h7H,3-6H2,1-2H3,(H,12,15)(H,17,18)(H2,13,14,19)/t7-/m0/s1. The molecule has 1 atom stereocenters. The van der Waals surface area contributed by atoms with Crippen molar-refractivity contribution in [1.82, 2.24) is 16.0 Å². The smallest absolute Gasteiger partial charge is 0.326 e. The summed E-state index contributed by atoms with van der Waals surface area (Å²) in [5, 5.41) is 15.5. The molecule has 0 aromatic rings. The van der Waals surface area contributed by atoms with Gasteiger partial charge in [-0.05, 0) is 0 Å². The van der Waals surface area contributed by atoms with Crippen LogP contribution in [0.3, 0.4) is 0 Å². The number of urea groups is 1. The number of carboxylic acid groups (broad SMARTS) is 1. The number of aliphatic carboxylic acids is 1. The molecule has 0 aromatic carbocycles. The van der Waals surface area contributed by atoms with Crippen molar-refractivity contribution in [1.29, 1.82) is 0 Å². The van der Waals surface area contributed by atoms with Crippen LogP contribution in [-0.2, 0) is 23.9 Å². The second kappa shape index (κ2) is 10.4. The van der Waals surface area contributed by atoms with Crippen molar-refractivity contribution in [2.75, 3.05) is 33.9 Å². The van der Waals surface area contributed by atoms with Gasteiger partial charge in [-0.2, -0.15) is 0 Å². The van der Waals surface area contributed by atoms with E-state index in [2.05, 4.69) is 15.4 Å². The van der Waals surface area contributed by atoms with E-state index in [0.29, 0.717) is 13.2 Å². The third-order valence-corrected chi connectivity index (χ3v) is 2.24. The molecule has 0 aliphatic rings. The molecule has 0 aromatic heterocycles. The Morgan fingerprint density at radius 2 is 1.81 bits per heavy atom. The molecular formula is C11H19N3O7. The van der Waals surface area contributed by atoms with Gasteiger partial charge in [0.2, 0.25) is 5.91 Å². The predicted molar refractivity (Wildman–Crippen MR) is 69.5 cm³/mol. The first kappa shape index (κ1) is 18.6. The van der Waals surface area contributed by atoms with Gasteiger partial charge in [0, 0.05) is 13.7 Å². The highest BCUT2D eigenvalue weighted by Crippen LogP contribution is 1.94. The van der Waals surface area contributed by atoms with E-state index in [1.807, 2.05) is 5.32 Å². The first-order valence-electron chi connectivity index (χ1n) is 6.00. The van der Waals surface area contributed by atoms with Crippen LogP contribution in [0.15, 0.2) is 0 Å². The molecule has 0 radical (unpaired) electrons. The number of carboxylic acids is 1. The highest BCUT2D eigenvalue weighted by molar-refractivity contribution is 5.88. The number of ether oxygens (including phenoxy) is 2. The molecular weight excluding hydrogens is 286 g/mol. The van der Waals surface area contributed by atoms with Gasteiger partial charge in [-0.15, -0.1) is 0 Å². The molecule has 0 unspecified atom stereocenters. The van der Waals surface area contributed by atoms with E-state index < -0.39 is 36.3 Å². The molecule has 0 heterocycles. The minimum atomic E-state index is -1.44. The largest absolute Gasteiger partial charge is 0.480 e. The Morgan fingerprint density at radius 1 is 1.14 bits per heavy atom. The van der Waals surface area contributed by atoms with E-state index in [9.17, 15) is 19.2 Å². The van der Waals surface area contributed by atoms with Gasteiger partial charge < -0.3 is 30.5 Å². The number of carbonyl (C=O) groups is 4. The molecule has 0 aliphatic carbocycles. The summed E-state index contributed by atoms with van der Waals surface area (Å²) in [5.74, 6) is -2.62. The number of amides is 3. The number of esters is 1. The summed E-state index contributed by atoms with van der Waals surface area (Å²) >= 11 is 0. The summed E-state index contributed by atoms with van der Waals surface area (Å²) in [5.41, 5.74) is 0. The van der Waals surface area contributed by atoms with Crippen LogP contribution >= 0.6 is 0 Å². The van der Waals surface area contributed by atoms with E-state index in [4.69, 9.17) is 9.84 Å². The third-order valence-electron chi connectivity index (χ3n) is 2.24. The molecule has 120 valence electrons. The Labute approximate surface area is 121 Å². The summed E-state index contributed by atoms with van der Waals surface area (Å²) < 4.78 is 9.04. The summed E-state index contributed by atoms with van der Waals surface area (Å²) in [6.45, 7) is 0.289. The molecule has 0 bridgehead atoms. The fraction of sp³-hybridized carbons (Fsp3) is 0.636. The highest BCUT2D eigenvalue weighted by Gasteiger charge is 2.23. The number of rotatable bonds is 9. The zero-order valence-electron chi connectivity index (χ0n) is 11.8. The number of methoxy groups -OCH3 is 2. The summed E-state index contributed by atoms with van der Waals surface area (Å²) in [7, 11) is 2.58. The molecule has 0 aliphatic heterocycles. The van der Waals surface area contributed by atoms with Crippen molar-refractivity contribution in [2.24, 2.45) is 0 Å². The van der Waals surface area contributed by atoms with Gasteiger partial charge in [0.05, 0.1) is 26.7 Å². The average molecular weight is 305 g/mol. The minimum absolute atomic E-state index is 0.290. The van der Waals surface area contributed by atoms with Gasteiger partial charge in [-0.3, -0.25) is 9.59 Å². The lowest BCUT2D eigenvalue weighted by Gasteiger charge is -2.14. The SMILES string of the molecule is COCCNC(=O)CNC(=O)N[C@@H](CC(=O)OC)C(=O)O. The third kappa shape index (κ3) is 9.21. The van der Waals surface area contributed by atoms with Crippen molar-refractivity contribution >= 4 is 23.9 Å². The molecule has 0 saturated carbocycles. The monoisotopic (exact) mass is 305 g/mol. The highest BCUT2D eigenvalue weighted by atomic mass is 16.5. The van der Waals surface area contributed by atoms with Crippen molar-refractivity contribution in [3.05, 3.63) is 0 Å². The molecule has 0 fully saturated rings. The van der Waals surface area contributed by atoms with Crippen molar-refractivity contribution in [2.45, 2.75) is 12.5 Å². The van der Waals surface area contributed by atoms with Crippen LogP contribution in [0.1, 0.15) is 6.42 Å². The maximum absolute atomic E-state index is 11.4. The molecule has 10 nitrogen and oxygen atoms in total. The first-order valence-corrected chi connectivity index (χ1v) is 6.00. The minimum Gasteiger partial charge on any atom is -0.480 e. The van der Waals surface area contributed by atoms with Gasteiger partial charge >= 0.3 is 18.0 Å². The van der Waals surface area contributed by atoms with E-state index in [1.54, 1.807) is 0 Å². The summed E-state index contributed by atoms with van der Waals surface area (Å²) in [6.07, 6.45) is -0.515. The molecule has 21 heavy (non-hydrogen) atoms. The van der Waals surface area contributed by atoms with E-state index in [-0.39, 0.29) is 6.54 Å². The lowest BCUT2D eigenvalue weighted by molar-refractivity contribution is -0.147. The molecule has 4 N–H and O–H groups in total. The van der Waals surface area contributed by atoms with Gasteiger partial charge in [-0.25, -0.2) is 9.59 Å². The average Bonchev–Trinajstić information content (AvgIpc) is 2.44. The lowest BCUT2D eigenvalue weighted by atomic mass is 10.2. The van der Waals surface area contributed by atoms with Gasteiger partial charge in [0.25, 0.3) is 0 Å². The summed E-state index contributed by atoms with van der Waals surface area (Å²) in [4.78, 5) is 44.5. The molecule has 0 saturated heterocycles. The molecule has 0 rings (SSSR count). The predicted octanol–water partition coefficient (Wildman–Crippen LogP) is -1.94. The molecule has 0 spiro atoms. The second-order valence-corrected chi connectivity index (χ2v) is 3.84. The maximum Gasteiger partial charge on any atom is 0.326 e. The quantitative estimate of drug-likeness (QED) is 0.287. The zero-order valence-corrected chi connectivity index (χ0v) is 11.8. The van der Waals surface area contributed by atoms with Crippen LogP contribution in [0.4, 0.5) is 4.79 Å². The first-order chi connectivity index (χ1) is 9.90. The van der Waals surface area contributed by atoms with Crippen LogP contribution < -0.4 is 16.0 Å². The topological polar surface area (TPSA) is 143 Å². The normalized spacial score (nSPS) is 11.1. The number of nitrogens with one attached hydrogen (secondary N) is 3. The van der Waals surface area contributed by atoms with Crippen molar-refractivity contribution < 1.29 is 33.8 Å². The Hall–Kier alpha value is -2.36. The molecule has 3 amide bonds. The van der Waals surface area contributed by atoms with Crippen LogP contribution in [0.2, 0.25) is 0 Å². The molecule has 10 heteroatoms. The fourth-order valence-electron chi connectivity index (χ4n) is 1.17. The number of carbonyl (C=O) groups excluding carboxylic acids is 3. The van der Waals surface area contributed by atoms with Crippen LogP contribution in [-0.4, -0.2) is 68.9 Å². The van der Waals surface area contributed by atoms with Crippen LogP contribution in [0.5, 0.6) is 0 Å². The van der Waals surface area contributed by atoms with E-state index in [1.165, 1.54) is 7.11 Å². The van der Waals surface area contributed by atoms with E-state index >= 15 is 0 Å². The maximum atomic E-state index is 11.4. The van der Waals surface area contributed by atoms with Crippen LogP contribution in [0.25, 0.3) is 0 Å².